The summed E-state index contributed by atoms with van der Waals surface area (Å²) in [6, 6.07) is 15.6. The van der Waals surface area contributed by atoms with Crippen LogP contribution in [-0.4, -0.2) is 29.6 Å². The van der Waals surface area contributed by atoms with Gasteiger partial charge >= 0.3 is 11.9 Å². The highest BCUT2D eigenvalue weighted by atomic mass is 19.1. The number of para-hydroxylation sites is 2. The molecule has 0 atom stereocenters. The molecule has 3 rings (SSSR count). The summed E-state index contributed by atoms with van der Waals surface area (Å²) in [4.78, 5) is 36.0. The second-order valence-electron chi connectivity index (χ2n) is 6.30. The van der Waals surface area contributed by atoms with Crippen LogP contribution < -0.4 is 10.1 Å². The van der Waals surface area contributed by atoms with Crippen molar-refractivity contribution in [3.8, 4) is 11.5 Å². The minimum absolute atomic E-state index is 0.102. The van der Waals surface area contributed by atoms with Crippen LogP contribution >= 0.6 is 0 Å². The second kappa shape index (κ2) is 9.53. The van der Waals surface area contributed by atoms with Gasteiger partial charge in [0.15, 0.2) is 5.75 Å². The zero-order chi connectivity index (χ0) is 22.4. The molecule has 1 amide bonds. The summed E-state index contributed by atoms with van der Waals surface area (Å²) in [5.74, 6) is -2.79. The summed E-state index contributed by atoms with van der Waals surface area (Å²) in [6.45, 7) is 1.72. The molecule has 0 fully saturated rings. The second-order valence-corrected chi connectivity index (χ2v) is 6.30. The molecule has 0 saturated heterocycles. The van der Waals surface area contributed by atoms with Crippen LogP contribution in [0, 0.1) is 5.82 Å². The van der Waals surface area contributed by atoms with Crippen LogP contribution in [0.5, 0.6) is 11.5 Å². The number of anilines is 1. The summed E-state index contributed by atoms with van der Waals surface area (Å²) in [6.07, 6.45) is 0. The van der Waals surface area contributed by atoms with Gasteiger partial charge in [0.2, 0.25) is 0 Å². The Hall–Kier alpha value is -4.20. The van der Waals surface area contributed by atoms with Crippen LogP contribution in [0.25, 0.3) is 0 Å². The van der Waals surface area contributed by atoms with E-state index in [-0.39, 0.29) is 34.8 Å². The first kappa shape index (κ1) is 21.5. The molecule has 2 N–H and O–H groups in total. The predicted octanol–water partition coefficient (Wildman–Crippen LogP) is 4.75. The fourth-order valence-electron chi connectivity index (χ4n) is 2.76. The van der Waals surface area contributed by atoms with E-state index in [9.17, 15) is 23.9 Å². The lowest BCUT2D eigenvalue weighted by molar-refractivity contribution is 0.0514. The summed E-state index contributed by atoms with van der Waals surface area (Å²) in [5, 5.41) is 12.1. The van der Waals surface area contributed by atoms with E-state index in [1.807, 2.05) is 0 Å². The number of carboxylic acids is 1. The lowest BCUT2D eigenvalue weighted by atomic mass is 10.1. The minimum Gasteiger partial charge on any atom is -0.478 e. The lowest BCUT2D eigenvalue weighted by Crippen LogP contribution is -2.13. The van der Waals surface area contributed by atoms with Crippen LogP contribution in [0.1, 0.15) is 38.0 Å². The molecule has 0 heterocycles. The van der Waals surface area contributed by atoms with Crippen LogP contribution in [0.15, 0.2) is 66.7 Å². The Morgan fingerprint density at radius 1 is 0.968 bits per heavy atom. The average molecular weight is 423 g/mol. The molecule has 0 aliphatic carbocycles. The summed E-state index contributed by atoms with van der Waals surface area (Å²) in [5.41, 5.74) is 0.0384. The van der Waals surface area contributed by atoms with E-state index in [2.05, 4.69) is 5.32 Å². The maximum absolute atomic E-state index is 13.4. The third-order valence-electron chi connectivity index (χ3n) is 4.17. The highest BCUT2D eigenvalue weighted by Crippen LogP contribution is 2.31. The van der Waals surface area contributed by atoms with E-state index in [4.69, 9.17) is 9.47 Å². The Labute approximate surface area is 177 Å². The number of ether oxygens (including phenoxy) is 2. The van der Waals surface area contributed by atoms with Gasteiger partial charge in [-0.1, -0.05) is 18.2 Å². The van der Waals surface area contributed by atoms with Crippen LogP contribution in [0.4, 0.5) is 10.1 Å². The molecule has 0 aliphatic rings. The minimum atomic E-state index is -1.32. The maximum Gasteiger partial charge on any atom is 0.339 e. The number of aromatic carboxylic acids is 1. The van der Waals surface area contributed by atoms with E-state index in [1.54, 1.807) is 31.2 Å². The molecule has 0 radical (unpaired) electrons. The van der Waals surface area contributed by atoms with Gasteiger partial charge in [-0.15, -0.1) is 0 Å². The van der Waals surface area contributed by atoms with Crippen LogP contribution in [-0.2, 0) is 4.74 Å². The predicted molar refractivity (Wildman–Crippen MR) is 110 cm³/mol. The zero-order valence-corrected chi connectivity index (χ0v) is 16.4. The Kier molecular flexibility index (Phi) is 6.61. The normalized spacial score (nSPS) is 10.3. The van der Waals surface area contributed by atoms with Gasteiger partial charge in [-0.25, -0.2) is 14.0 Å². The number of halogens is 1. The molecule has 31 heavy (non-hydrogen) atoms. The van der Waals surface area contributed by atoms with Gasteiger partial charge in [0.1, 0.15) is 11.6 Å². The van der Waals surface area contributed by atoms with E-state index in [1.165, 1.54) is 36.4 Å². The van der Waals surface area contributed by atoms with Gasteiger partial charge < -0.3 is 19.9 Å². The van der Waals surface area contributed by atoms with Crippen LogP contribution in [0.3, 0.4) is 0 Å². The first-order chi connectivity index (χ1) is 14.9. The molecule has 0 spiro atoms. The van der Waals surface area contributed by atoms with E-state index < -0.39 is 23.7 Å². The average Bonchev–Trinajstić information content (AvgIpc) is 2.75. The Morgan fingerprint density at radius 3 is 2.45 bits per heavy atom. The molecular weight excluding hydrogens is 405 g/mol. The van der Waals surface area contributed by atoms with Crippen molar-refractivity contribution in [2.24, 2.45) is 0 Å². The number of hydrogen-bond acceptors (Lipinski definition) is 5. The molecule has 8 heteroatoms. The van der Waals surface area contributed by atoms with Gasteiger partial charge in [-0.3, -0.25) is 4.79 Å². The number of hydrogen-bond donors (Lipinski definition) is 2. The van der Waals surface area contributed by atoms with Gasteiger partial charge in [-0.2, -0.15) is 0 Å². The number of carbonyl (C=O) groups excluding carboxylic acids is 2. The topological polar surface area (TPSA) is 102 Å². The van der Waals surface area contributed by atoms with Crippen LogP contribution in [0.2, 0.25) is 0 Å². The monoisotopic (exact) mass is 423 g/mol. The van der Waals surface area contributed by atoms with Crippen molar-refractivity contribution < 1.29 is 33.4 Å². The van der Waals surface area contributed by atoms with Crippen molar-refractivity contribution in [2.45, 2.75) is 6.92 Å². The molecule has 7 nitrogen and oxygen atoms in total. The first-order valence-electron chi connectivity index (χ1n) is 9.27. The highest BCUT2D eigenvalue weighted by molar-refractivity contribution is 6.05. The third-order valence-corrected chi connectivity index (χ3v) is 4.17. The number of nitrogens with one attached hydrogen (secondary N) is 1. The third kappa shape index (κ3) is 5.24. The van der Waals surface area contributed by atoms with Gasteiger partial charge in [0, 0.05) is 5.56 Å². The first-order valence-corrected chi connectivity index (χ1v) is 9.27. The van der Waals surface area contributed by atoms with Crippen molar-refractivity contribution in [3.05, 3.63) is 89.2 Å². The molecular formula is C23H18FNO6. The quantitative estimate of drug-likeness (QED) is 0.532. The molecule has 0 aliphatic heterocycles. The fourth-order valence-corrected chi connectivity index (χ4v) is 2.76. The fraction of sp³-hybridized carbons (Fsp3) is 0.0870. The molecule has 0 unspecified atom stereocenters. The number of amides is 1. The lowest BCUT2D eigenvalue weighted by Gasteiger charge is -2.13. The summed E-state index contributed by atoms with van der Waals surface area (Å²) < 4.78 is 24.0. The Balaban J connectivity index is 1.87. The molecule has 3 aromatic carbocycles. The Morgan fingerprint density at radius 2 is 1.74 bits per heavy atom. The van der Waals surface area contributed by atoms with Gasteiger partial charge in [0.05, 0.1) is 23.4 Å². The van der Waals surface area contributed by atoms with E-state index in [0.29, 0.717) is 5.69 Å². The molecule has 0 aromatic heterocycles. The zero-order valence-electron chi connectivity index (χ0n) is 16.4. The standard InChI is InChI=1S/C23H18FNO6/c1-2-30-23(29)17-11-10-16(13-18(17)22(27)28)31-20-9-4-3-8-19(20)25-21(26)14-6-5-7-15(24)12-14/h3-13H,2H2,1H3,(H,25,26)(H,27,28). The molecule has 3 aromatic rings. The smallest absolute Gasteiger partial charge is 0.339 e. The van der Waals surface area contributed by atoms with Crippen molar-refractivity contribution >= 4 is 23.5 Å². The van der Waals surface area contributed by atoms with Crippen molar-refractivity contribution in [2.75, 3.05) is 11.9 Å². The molecule has 0 saturated carbocycles. The summed E-state index contributed by atoms with van der Waals surface area (Å²) >= 11 is 0. The maximum atomic E-state index is 13.4. The molecule has 158 valence electrons. The largest absolute Gasteiger partial charge is 0.478 e. The number of rotatable bonds is 7. The van der Waals surface area contributed by atoms with Crippen molar-refractivity contribution in [3.63, 3.8) is 0 Å². The number of carbonyl (C=O) groups is 3. The van der Waals surface area contributed by atoms with Crippen molar-refractivity contribution in [1.82, 2.24) is 0 Å². The Bertz CT molecular complexity index is 1140. The number of esters is 1. The summed E-state index contributed by atoms with van der Waals surface area (Å²) in [7, 11) is 0. The van der Waals surface area contributed by atoms with Crippen molar-refractivity contribution in [1.29, 1.82) is 0 Å². The molecule has 0 bridgehead atoms. The van der Waals surface area contributed by atoms with E-state index in [0.717, 1.165) is 6.07 Å². The highest BCUT2D eigenvalue weighted by Gasteiger charge is 2.19. The van der Waals surface area contributed by atoms with Gasteiger partial charge in [0.25, 0.3) is 5.91 Å². The van der Waals surface area contributed by atoms with Gasteiger partial charge in [-0.05, 0) is 55.5 Å². The SMILES string of the molecule is CCOC(=O)c1ccc(Oc2ccccc2NC(=O)c2cccc(F)c2)cc1C(=O)O. The van der Waals surface area contributed by atoms with E-state index >= 15 is 0 Å². The number of carboxylic acid groups (broad SMARTS) is 1. The number of benzene rings is 3.